The molecule has 1 N–H and O–H groups in total. The van der Waals surface area contributed by atoms with Crippen molar-refractivity contribution in [3.8, 4) is 0 Å². The summed E-state index contributed by atoms with van der Waals surface area (Å²) in [7, 11) is 2.32. The van der Waals surface area contributed by atoms with Crippen LogP contribution in [-0.2, 0) is 21.9 Å². The van der Waals surface area contributed by atoms with E-state index < -0.39 is 10.0 Å². The first-order valence-electron chi connectivity index (χ1n) is 9.64. The molecule has 1 aromatic heterocycles. The van der Waals surface area contributed by atoms with Gasteiger partial charge < -0.3 is 14.8 Å². The molecular formula is C18H29N5O3S. The van der Waals surface area contributed by atoms with Crippen molar-refractivity contribution in [2.45, 2.75) is 43.2 Å². The zero-order valence-corrected chi connectivity index (χ0v) is 17.1. The third-order valence-electron chi connectivity index (χ3n) is 6.27. The van der Waals surface area contributed by atoms with Crippen molar-refractivity contribution in [1.29, 1.82) is 0 Å². The number of hydrogen-bond donors (Lipinski definition) is 1. The lowest BCUT2D eigenvalue weighted by molar-refractivity contribution is -0.125. The van der Waals surface area contributed by atoms with Gasteiger partial charge in [0.05, 0.1) is 23.7 Å². The summed E-state index contributed by atoms with van der Waals surface area (Å²) in [5.41, 5.74) is 0.549. The Bertz CT molecular complexity index is 826. The van der Waals surface area contributed by atoms with Gasteiger partial charge in [-0.1, -0.05) is 0 Å². The van der Waals surface area contributed by atoms with E-state index in [2.05, 4.69) is 10.3 Å². The van der Waals surface area contributed by atoms with Crippen LogP contribution in [0.3, 0.4) is 0 Å². The van der Waals surface area contributed by atoms with Crippen LogP contribution >= 0.6 is 0 Å². The molecule has 0 spiro atoms. The van der Waals surface area contributed by atoms with Crippen LogP contribution in [0.15, 0.2) is 12.5 Å². The average molecular weight is 396 g/mol. The van der Waals surface area contributed by atoms with Crippen molar-refractivity contribution in [2.75, 3.05) is 32.9 Å². The highest BCUT2D eigenvalue weighted by atomic mass is 32.2. The van der Waals surface area contributed by atoms with Crippen LogP contribution < -0.4 is 5.32 Å². The standard InChI is InChI=1S/C18H29N5O3S/c1-21(2)18(6-7-18)11-27(25,26)23-8-14(16-10-22(3)12-19-16)15(9-23)17(24)20-13-4-5-13/h10,12-15H,4-9,11H2,1-3H3,(H,20,24)/t14-,15-/m1/s1. The Morgan fingerprint density at radius 3 is 2.56 bits per heavy atom. The molecule has 150 valence electrons. The average Bonchev–Trinajstić information content (AvgIpc) is 3.46. The first-order chi connectivity index (χ1) is 12.7. The number of hydrogen-bond acceptors (Lipinski definition) is 5. The number of amides is 1. The fourth-order valence-electron chi connectivity index (χ4n) is 4.02. The van der Waals surface area contributed by atoms with Gasteiger partial charge in [0.1, 0.15) is 0 Å². The van der Waals surface area contributed by atoms with E-state index in [0.717, 1.165) is 31.4 Å². The van der Waals surface area contributed by atoms with Crippen LogP contribution in [0.1, 0.15) is 37.3 Å². The van der Waals surface area contributed by atoms with E-state index in [9.17, 15) is 13.2 Å². The Hall–Kier alpha value is -1.45. The van der Waals surface area contributed by atoms with Gasteiger partial charge in [0.2, 0.25) is 15.9 Å². The maximum absolute atomic E-state index is 13.1. The normalized spacial score (nSPS) is 27.9. The number of rotatable bonds is 7. The smallest absolute Gasteiger partial charge is 0.225 e. The van der Waals surface area contributed by atoms with E-state index in [1.165, 1.54) is 4.31 Å². The molecule has 0 unspecified atom stereocenters. The monoisotopic (exact) mass is 395 g/mol. The van der Waals surface area contributed by atoms with Gasteiger partial charge in [0.15, 0.2) is 0 Å². The molecule has 0 bridgehead atoms. The minimum Gasteiger partial charge on any atom is -0.353 e. The van der Waals surface area contributed by atoms with Gasteiger partial charge in [-0.05, 0) is 39.8 Å². The Labute approximate surface area is 161 Å². The van der Waals surface area contributed by atoms with Crippen molar-refractivity contribution >= 4 is 15.9 Å². The molecule has 1 saturated heterocycles. The highest BCUT2D eigenvalue weighted by Gasteiger charge is 2.52. The molecule has 1 aliphatic heterocycles. The van der Waals surface area contributed by atoms with Gasteiger partial charge in [-0.15, -0.1) is 0 Å². The lowest BCUT2D eigenvalue weighted by atomic mass is 9.92. The summed E-state index contributed by atoms with van der Waals surface area (Å²) in [5, 5.41) is 3.05. The Morgan fingerprint density at radius 2 is 2.04 bits per heavy atom. The number of nitrogens with zero attached hydrogens (tertiary/aromatic N) is 4. The predicted octanol–water partition coefficient (Wildman–Crippen LogP) is 0.138. The summed E-state index contributed by atoms with van der Waals surface area (Å²) in [6.07, 6.45) is 7.43. The lowest BCUT2D eigenvalue weighted by Crippen LogP contribution is -2.43. The van der Waals surface area contributed by atoms with Gasteiger partial charge in [0.25, 0.3) is 0 Å². The molecular weight excluding hydrogens is 366 g/mol. The number of carbonyl (C=O) groups excluding carboxylic acids is 1. The fraction of sp³-hybridized carbons (Fsp3) is 0.778. The molecule has 27 heavy (non-hydrogen) atoms. The van der Waals surface area contributed by atoms with Crippen LogP contribution in [0, 0.1) is 5.92 Å². The molecule has 3 fully saturated rings. The van der Waals surface area contributed by atoms with Gasteiger partial charge in [-0.25, -0.2) is 17.7 Å². The SMILES string of the molecule is CN(C)C1(CS(=O)(=O)N2C[C@@H](C(=O)NC3CC3)[C@H](c3cn(C)cn3)C2)CC1. The van der Waals surface area contributed by atoms with E-state index in [1.807, 2.05) is 36.8 Å². The molecule has 1 amide bonds. The Balaban J connectivity index is 1.55. The molecule has 3 aliphatic rings. The lowest BCUT2D eigenvalue weighted by Gasteiger charge is -2.26. The zero-order chi connectivity index (χ0) is 19.4. The number of imidazole rings is 1. The number of nitrogens with one attached hydrogen (secondary N) is 1. The second-order valence-electron chi connectivity index (χ2n) is 8.65. The fourth-order valence-corrected chi connectivity index (χ4v) is 6.20. The van der Waals surface area contributed by atoms with Crippen LogP contribution in [-0.4, -0.2) is 77.6 Å². The van der Waals surface area contributed by atoms with E-state index in [4.69, 9.17) is 0 Å². The molecule has 2 aliphatic carbocycles. The van der Waals surface area contributed by atoms with Crippen molar-refractivity contribution in [2.24, 2.45) is 13.0 Å². The molecule has 1 aromatic rings. The Kier molecular flexibility index (Phi) is 4.59. The number of carbonyl (C=O) groups is 1. The van der Waals surface area contributed by atoms with Crippen molar-refractivity contribution < 1.29 is 13.2 Å². The summed E-state index contributed by atoms with van der Waals surface area (Å²) in [6.45, 7) is 0.567. The molecule has 2 atom stereocenters. The van der Waals surface area contributed by atoms with Gasteiger partial charge in [-0.2, -0.15) is 0 Å². The van der Waals surface area contributed by atoms with Crippen molar-refractivity contribution in [3.63, 3.8) is 0 Å². The summed E-state index contributed by atoms with van der Waals surface area (Å²) >= 11 is 0. The van der Waals surface area contributed by atoms with Crippen molar-refractivity contribution in [3.05, 3.63) is 18.2 Å². The zero-order valence-electron chi connectivity index (χ0n) is 16.3. The maximum atomic E-state index is 13.1. The summed E-state index contributed by atoms with van der Waals surface area (Å²) < 4.78 is 29.6. The van der Waals surface area contributed by atoms with Crippen LogP contribution in [0.5, 0.6) is 0 Å². The molecule has 0 radical (unpaired) electrons. The van der Waals surface area contributed by atoms with Crippen molar-refractivity contribution in [1.82, 2.24) is 24.1 Å². The summed E-state index contributed by atoms with van der Waals surface area (Å²) in [4.78, 5) is 19.2. The molecule has 2 heterocycles. The van der Waals surface area contributed by atoms with E-state index in [-0.39, 0.29) is 41.6 Å². The van der Waals surface area contributed by atoms with E-state index in [1.54, 1.807) is 6.33 Å². The molecule has 2 saturated carbocycles. The molecule has 4 rings (SSSR count). The summed E-state index contributed by atoms with van der Waals surface area (Å²) in [6, 6.07) is 0.260. The van der Waals surface area contributed by atoms with Crippen LogP contribution in [0.25, 0.3) is 0 Å². The molecule has 9 heteroatoms. The first kappa shape index (κ1) is 18.9. The van der Waals surface area contributed by atoms with Crippen LogP contribution in [0.4, 0.5) is 0 Å². The topological polar surface area (TPSA) is 87.5 Å². The number of sulfonamides is 1. The highest BCUT2D eigenvalue weighted by Crippen LogP contribution is 2.43. The van der Waals surface area contributed by atoms with Gasteiger partial charge in [0, 0.05) is 43.8 Å². The molecule has 0 aromatic carbocycles. The first-order valence-corrected chi connectivity index (χ1v) is 11.2. The van der Waals surface area contributed by atoms with Gasteiger partial charge >= 0.3 is 0 Å². The second-order valence-corrected chi connectivity index (χ2v) is 10.6. The highest BCUT2D eigenvalue weighted by molar-refractivity contribution is 7.89. The second kappa shape index (κ2) is 6.56. The minimum absolute atomic E-state index is 0.0420. The molecule has 8 nitrogen and oxygen atoms in total. The minimum atomic E-state index is -3.44. The van der Waals surface area contributed by atoms with E-state index in [0.29, 0.717) is 6.54 Å². The van der Waals surface area contributed by atoms with Gasteiger partial charge in [-0.3, -0.25) is 4.79 Å². The number of aryl methyl sites for hydroxylation is 1. The Morgan fingerprint density at radius 1 is 1.33 bits per heavy atom. The third-order valence-corrected chi connectivity index (χ3v) is 8.26. The maximum Gasteiger partial charge on any atom is 0.225 e. The quantitative estimate of drug-likeness (QED) is 0.710. The predicted molar refractivity (Wildman–Crippen MR) is 102 cm³/mol. The van der Waals surface area contributed by atoms with Crippen LogP contribution in [0.2, 0.25) is 0 Å². The third kappa shape index (κ3) is 3.77. The van der Waals surface area contributed by atoms with E-state index >= 15 is 0 Å². The summed E-state index contributed by atoms with van der Waals surface area (Å²) in [5.74, 6) is -0.502. The largest absolute Gasteiger partial charge is 0.353 e. The number of aromatic nitrogens is 2.